The lowest BCUT2D eigenvalue weighted by atomic mass is 10.5. The van der Waals surface area contributed by atoms with Crippen LogP contribution in [0.5, 0.6) is 0 Å². The van der Waals surface area contributed by atoms with Crippen molar-refractivity contribution in [1.82, 2.24) is 0 Å². The van der Waals surface area contributed by atoms with Crippen molar-refractivity contribution in [3.63, 3.8) is 0 Å². The zero-order chi connectivity index (χ0) is 7.40. The second-order valence-electron chi connectivity index (χ2n) is 1.49. The van der Waals surface area contributed by atoms with Crippen LogP contribution >= 0.6 is 11.3 Å². The molecule has 0 saturated heterocycles. The van der Waals surface area contributed by atoms with Crippen LogP contribution in [-0.2, 0) is 4.84 Å². The highest BCUT2D eigenvalue weighted by Crippen LogP contribution is 2.09. The Morgan fingerprint density at radius 1 is 1.80 bits per heavy atom. The zero-order valence-electron chi connectivity index (χ0n) is 5.11. The molecule has 0 aliphatic heterocycles. The summed E-state index contributed by atoms with van der Waals surface area (Å²) >= 11 is 1.31. The lowest BCUT2D eigenvalue weighted by molar-refractivity contribution is 0.0527. The molecule has 0 unspecified atom stereocenters. The fourth-order valence-corrected chi connectivity index (χ4v) is 1.09. The van der Waals surface area contributed by atoms with Gasteiger partial charge in [-0.05, 0) is 11.4 Å². The molecule has 1 aromatic heterocycles. The highest BCUT2D eigenvalue weighted by atomic mass is 32.1. The predicted molar refractivity (Wildman–Crippen MR) is 39.3 cm³/mol. The Morgan fingerprint density at radius 2 is 2.60 bits per heavy atom. The monoisotopic (exact) mass is 155 g/mol. The molecule has 0 fully saturated rings. The number of carbonyl (C=O) groups is 1. The minimum Gasteiger partial charge on any atom is -0.313 e. The molecule has 0 saturated carbocycles. The van der Waals surface area contributed by atoms with Gasteiger partial charge in [-0.25, -0.2) is 4.79 Å². The first kappa shape index (κ1) is 6.95. The van der Waals surface area contributed by atoms with Gasteiger partial charge < -0.3 is 4.84 Å². The Kier molecular flexibility index (Phi) is 2.17. The molecule has 0 bridgehead atoms. The van der Waals surface area contributed by atoms with Crippen LogP contribution in [0.4, 0.5) is 0 Å². The van der Waals surface area contributed by atoms with Crippen molar-refractivity contribution < 1.29 is 9.63 Å². The molecule has 0 aliphatic rings. The smallest absolute Gasteiger partial charge is 0.313 e. The lowest BCUT2D eigenvalue weighted by Crippen LogP contribution is -1.95. The predicted octanol–water partition coefficient (Wildman–Crippen LogP) is 1.52. The molecular weight excluding hydrogens is 150 g/mol. The summed E-state index contributed by atoms with van der Waals surface area (Å²) in [4.78, 5) is 15.6. The van der Waals surface area contributed by atoms with Gasteiger partial charge in [0.15, 0.2) is 0 Å². The van der Waals surface area contributed by atoms with E-state index < -0.39 is 5.97 Å². The van der Waals surface area contributed by atoms with Gasteiger partial charge in [0.25, 0.3) is 0 Å². The first-order valence-electron chi connectivity index (χ1n) is 2.55. The molecule has 1 heterocycles. The summed E-state index contributed by atoms with van der Waals surface area (Å²) in [7, 11) is 0. The van der Waals surface area contributed by atoms with Crippen LogP contribution in [0.1, 0.15) is 9.67 Å². The molecule has 0 aromatic carbocycles. The fraction of sp³-hybridized carbons (Fsp3) is 0. The molecule has 4 heteroatoms. The normalized spacial score (nSPS) is 8.80. The largest absolute Gasteiger partial charge is 0.375 e. The van der Waals surface area contributed by atoms with Crippen molar-refractivity contribution in [1.29, 1.82) is 0 Å². The maximum absolute atomic E-state index is 10.8. The Bertz CT molecular complexity index is 230. The van der Waals surface area contributed by atoms with Crippen LogP contribution < -0.4 is 0 Å². The summed E-state index contributed by atoms with van der Waals surface area (Å²) in [5.41, 5.74) is 0. The topological polar surface area (TPSA) is 38.7 Å². The summed E-state index contributed by atoms with van der Waals surface area (Å²) < 4.78 is 0. The van der Waals surface area contributed by atoms with Gasteiger partial charge in [0, 0.05) is 6.72 Å². The standard InChI is InChI=1S/C6H5NO2S/c1-7-9-6(8)5-3-2-4-10-5/h2-4H,1H2. The number of carbonyl (C=O) groups excluding carboxylic acids is 1. The van der Waals surface area contributed by atoms with E-state index in [1.807, 2.05) is 0 Å². The molecule has 1 aromatic rings. The van der Waals surface area contributed by atoms with E-state index in [0.29, 0.717) is 4.88 Å². The molecule has 0 atom stereocenters. The van der Waals surface area contributed by atoms with Crippen molar-refractivity contribution in [3.05, 3.63) is 22.4 Å². The molecule has 10 heavy (non-hydrogen) atoms. The van der Waals surface area contributed by atoms with Crippen LogP contribution in [0.25, 0.3) is 0 Å². The van der Waals surface area contributed by atoms with Crippen molar-refractivity contribution >= 4 is 24.0 Å². The molecule has 0 aliphatic carbocycles. The summed E-state index contributed by atoms with van der Waals surface area (Å²) in [6.45, 7) is 3.02. The quantitative estimate of drug-likeness (QED) is 0.369. The number of rotatable bonds is 2. The lowest BCUT2D eigenvalue weighted by Gasteiger charge is -1.89. The third-order valence-electron chi connectivity index (χ3n) is 0.870. The zero-order valence-corrected chi connectivity index (χ0v) is 5.93. The Labute approximate surface area is 61.9 Å². The number of hydrogen-bond acceptors (Lipinski definition) is 4. The van der Waals surface area contributed by atoms with Crippen LogP contribution in [0.3, 0.4) is 0 Å². The maximum atomic E-state index is 10.8. The van der Waals surface area contributed by atoms with Gasteiger partial charge in [-0.15, -0.1) is 11.3 Å². The molecule has 0 amide bonds. The molecule has 0 spiro atoms. The summed E-state index contributed by atoms with van der Waals surface area (Å²) in [5.74, 6) is -0.454. The number of oxime groups is 1. The van der Waals surface area contributed by atoms with E-state index in [4.69, 9.17) is 0 Å². The van der Waals surface area contributed by atoms with E-state index in [1.54, 1.807) is 17.5 Å². The van der Waals surface area contributed by atoms with Crippen LogP contribution in [0.2, 0.25) is 0 Å². The van der Waals surface area contributed by atoms with E-state index in [9.17, 15) is 4.79 Å². The second-order valence-corrected chi connectivity index (χ2v) is 2.43. The van der Waals surface area contributed by atoms with Crippen LogP contribution in [-0.4, -0.2) is 12.7 Å². The van der Waals surface area contributed by atoms with Crippen molar-refractivity contribution in [2.24, 2.45) is 5.16 Å². The molecule has 1 rings (SSSR count). The first-order chi connectivity index (χ1) is 4.84. The second kappa shape index (κ2) is 3.12. The van der Waals surface area contributed by atoms with Gasteiger partial charge in [0.1, 0.15) is 4.88 Å². The third-order valence-corrected chi connectivity index (χ3v) is 1.72. The number of nitrogens with zero attached hydrogens (tertiary/aromatic N) is 1. The van der Waals surface area contributed by atoms with E-state index in [-0.39, 0.29) is 0 Å². The summed E-state index contributed by atoms with van der Waals surface area (Å²) in [6.07, 6.45) is 0. The summed E-state index contributed by atoms with van der Waals surface area (Å²) in [5, 5.41) is 4.79. The SMILES string of the molecule is C=NOC(=O)c1cccs1. The Balaban J connectivity index is 2.68. The van der Waals surface area contributed by atoms with Crippen LogP contribution in [0, 0.1) is 0 Å². The Hall–Kier alpha value is -1.16. The highest BCUT2D eigenvalue weighted by molar-refractivity contribution is 7.11. The first-order valence-corrected chi connectivity index (χ1v) is 3.43. The van der Waals surface area contributed by atoms with Crippen molar-refractivity contribution in [3.8, 4) is 0 Å². The van der Waals surface area contributed by atoms with Gasteiger partial charge in [-0.1, -0.05) is 11.2 Å². The van der Waals surface area contributed by atoms with E-state index in [1.165, 1.54) is 11.3 Å². The minimum absolute atomic E-state index is 0.454. The fourth-order valence-electron chi connectivity index (χ4n) is 0.498. The van der Waals surface area contributed by atoms with Gasteiger partial charge in [-0.3, -0.25) is 0 Å². The highest BCUT2D eigenvalue weighted by Gasteiger charge is 2.05. The van der Waals surface area contributed by atoms with Gasteiger partial charge in [-0.2, -0.15) is 0 Å². The van der Waals surface area contributed by atoms with Crippen molar-refractivity contribution in [2.45, 2.75) is 0 Å². The molecule has 3 nitrogen and oxygen atoms in total. The Morgan fingerprint density at radius 3 is 3.10 bits per heavy atom. The maximum Gasteiger partial charge on any atom is 0.375 e. The van der Waals surface area contributed by atoms with E-state index in [2.05, 4.69) is 16.7 Å². The molecular formula is C6H5NO2S. The average molecular weight is 155 g/mol. The van der Waals surface area contributed by atoms with Crippen molar-refractivity contribution in [2.75, 3.05) is 0 Å². The molecule has 52 valence electrons. The number of hydrogen-bond donors (Lipinski definition) is 0. The van der Waals surface area contributed by atoms with Gasteiger partial charge >= 0.3 is 5.97 Å². The van der Waals surface area contributed by atoms with Crippen LogP contribution in [0.15, 0.2) is 22.7 Å². The average Bonchev–Trinajstić information content (AvgIpc) is 2.38. The minimum atomic E-state index is -0.454. The van der Waals surface area contributed by atoms with Gasteiger partial charge in [0.05, 0.1) is 0 Å². The summed E-state index contributed by atoms with van der Waals surface area (Å²) in [6, 6.07) is 3.43. The number of thiophene rings is 1. The van der Waals surface area contributed by atoms with Gasteiger partial charge in [0.2, 0.25) is 0 Å². The van der Waals surface area contributed by atoms with E-state index in [0.717, 1.165) is 0 Å². The molecule has 0 N–H and O–H groups in total. The third kappa shape index (κ3) is 1.41. The molecule has 0 radical (unpaired) electrons. The van der Waals surface area contributed by atoms with E-state index >= 15 is 0 Å².